The van der Waals surface area contributed by atoms with Crippen molar-refractivity contribution in [3.05, 3.63) is 47.5 Å². The van der Waals surface area contributed by atoms with Crippen LogP contribution in [0.4, 0.5) is 15.9 Å². The van der Waals surface area contributed by atoms with Crippen molar-refractivity contribution in [2.75, 3.05) is 38.4 Å². The first-order valence-corrected chi connectivity index (χ1v) is 10.1. The van der Waals surface area contributed by atoms with Gasteiger partial charge in [-0.25, -0.2) is 20.2 Å². The fourth-order valence-corrected chi connectivity index (χ4v) is 3.74. The predicted molar refractivity (Wildman–Crippen MR) is 115 cm³/mol. The number of benzene rings is 2. The van der Waals surface area contributed by atoms with Gasteiger partial charge in [-0.1, -0.05) is 11.6 Å². The van der Waals surface area contributed by atoms with E-state index in [-0.39, 0.29) is 5.02 Å². The highest BCUT2D eigenvalue weighted by atomic mass is 35.5. The van der Waals surface area contributed by atoms with Gasteiger partial charge in [-0.15, -0.1) is 0 Å². The van der Waals surface area contributed by atoms with Crippen LogP contribution in [-0.2, 0) is 0 Å². The van der Waals surface area contributed by atoms with Gasteiger partial charge in [-0.05, 0) is 50.2 Å². The lowest BCUT2D eigenvalue weighted by atomic mass is 10.2. The van der Waals surface area contributed by atoms with Gasteiger partial charge in [0.2, 0.25) is 0 Å². The zero-order valence-electron chi connectivity index (χ0n) is 16.6. The minimum Gasteiger partial charge on any atom is -0.493 e. The Morgan fingerprint density at radius 2 is 1.97 bits per heavy atom. The Labute approximate surface area is 179 Å². The van der Waals surface area contributed by atoms with Crippen molar-refractivity contribution >= 4 is 34.0 Å². The van der Waals surface area contributed by atoms with Crippen LogP contribution in [-0.4, -0.2) is 48.2 Å². The summed E-state index contributed by atoms with van der Waals surface area (Å²) in [6.45, 7) is 3.68. The first-order chi connectivity index (χ1) is 14.6. The summed E-state index contributed by atoms with van der Waals surface area (Å²) < 4.78 is 25.0. The second-order valence-electron chi connectivity index (χ2n) is 7.08. The maximum absolute atomic E-state index is 13.5. The zero-order chi connectivity index (χ0) is 21.1. The third kappa shape index (κ3) is 4.26. The van der Waals surface area contributed by atoms with E-state index in [0.717, 1.165) is 19.6 Å². The number of hydrogen-bond acceptors (Lipinski definition) is 7. The number of nitrogens with zero attached hydrogens (tertiary/aromatic N) is 4. The molecule has 0 aliphatic carbocycles. The average Bonchev–Trinajstić information content (AvgIpc) is 3.27. The van der Waals surface area contributed by atoms with E-state index in [0.29, 0.717) is 40.5 Å². The molecule has 1 aromatic heterocycles. The lowest BCUT2D eigenvalue weighted by Gasteiger charge is -2.20. The summed E-state index contributed by atoms with van der Waals surface area (Å²) in [5, 5.41) is 1.99. The van der Waals surface area contributed by atoms with Crippen LogP contribution in [0.2, 0.25) is 5.02 Å². The van der Waals surface area contributed by atoms with Crippen molar-refractivity contribution in [1.29, 1.82) is 0 Å². The molecule has 158 valence electrons. The van der Waals surface area contributed by atoms with Crippen LogP contribution in [0.3, 0.4) is 0 Å². The van der Waals surface area contributed by atoms with Crippen molar-refractivity contribution in [3.63, 3.8) is 0 Å². The molecule has 4 rings (SSSR count). The molecule has 1 saturated heterocycles. The smallest absolute Gasteiger partial charge is 0.163 e. The van der Waals surface area contributed by atoms with Gasteiger partial charge in [0.15, 0.2) is 17.3 Å². The minimum absolute atomic E-state index is 0.0208. The Morgan fingerprint density at radius 3 is 2.70 bits per heavy atom. The number of hydrogen-bond donors (Lipinski definition) is 1. The molecule has 2 N–H and O–H groups in total. The van der Waals surface area contributed by atoms with E-state index in [1.165, 1.54) is 42.4 Å². The number of nitrogens with two attached hydrogens (primary N) is 1. The number of methoxy groups -OCH3 is 1. The summed E-state index contributed by atoms with van der Waals surface area (Å²) in [5.41, 5.74) is 1.15. The molecule has 1 aliphatic heterocycles. The van der Waals surface area contributed by atoms with E-state index in [1.807, 2.05) is 6.07 Å². The van der Waals surface area contributed by atoms with E-state index in [2.05, 4.69) is 14.9 Å². The van der Waals surface area contributed by atoms with Crippen LogP contribution in [0.25, 0.3) is 10.9 Å². The summed E-state index contributed by atoms with van der Waals surface area (Å²) in [4.78, 5) is 11.0. The van der Waals surface area contributed by atoms with Gasteiger partial charge < -0.3 is 9.47 Å². The van der Waals surface area contributed by atoms with Gasteiger partial charge in [0.05, 0.1) is 23.3 Å². The second kappa shape index (κ2) is 8.99. The molecule has 1 aliphatic rings. The van der Waals surface area contributed by atoms with Crippen LogP contribution < -0.4 is 20.3 Å². The zero-order valence-corrected chi connectivity index (χ0v) is 17.4. The Hall–Kier alpha value is -2.68. The van der Waals surface area contributed by atoms with Crippen molar-refractivity contribution < 1.29 is 13.9 Å². The number of ether oxygens (including phenoxy) is 2. The maximum atomic E-state index is 13.5. The van der Waals surface area contributed by atoms with Crippen molar-refractivity contribution in [3.8, 4) is 11.5 Å². The van der Waals surface area contributed by atoms with Crippen molar-refractivity contribution in [2.24, 2.45) is 5.84 Å². The normalized spacial score (nSPS) is 14.3. The Bertz CT molecular complexity index is 1050. The molecule has 7 nitrogen and oxygen atoms in total. The summed E-state index contributed by atoms with van der Waals surface area (Å²) in [7, 11) is 1.58. The third-order valence-electron chi connectivity index (χ3n) is 5.17. The van der Waals surface area contributed by atoms with Gasteiger partial charge in [0.25, 0.3) is 0 Å². The van der Waals surface area contributed by atoms with E-state index >= 15 is 0 Å². The quantitative estimate of drug-likeness (QED) is 0.448. The van der Waals surface area contributed by atoms with Crippen LogP contribution in [0.5, 0.6) is 11.5 Å². The fourth-order valence-electron chi connectivity index (χ4n) is 3.56. The number of halogens is 2. The van der Waals surface area contributed by atoms with Crippen LogP contribution in [0.1, 0.15) is 12.8 Å². The Morgan fingerprint density at radius 1 is 1.17 bits per heavy atom. The first kappa shape index (κ1) is 20.6. The molecule has 0 bridgehead atoms. The highest BCUT2D eigenvalue weighted by Crippen LogP contribution is 2.36. The van der Waals surface area contributed by atoms with E-state index in [4.69, 9.17) is 26.9 Å². The SMILES string of the molecule is COc1cc2c(N(N)c3ccc(F)c(Cl)c3)ncnc2cc1OCCN1CCCC1. The number of anilines is 2. The van der Waals surface area contributed by atoms with Gasteiger partial charge in [-0.2, -0.15) is 0 Å². The van der Waals surface area contributed by atoms with E-state index < -0.39 is 5.82 Å². The highest BCUT2D eigenvalue weighted by Gasteiger charge is 2.17. The number of aromatic nitrogens is 2. The summed E-state index contributed by atoms with van der Waals surface area (Å²) in [6, 6.07) is 7.84. The molecule has 0 amide bonds. The van der Waals surface area contributed by atoms with E-state index in [1.54, 1.807) is 13.2 Å². The lowest BCUT2D eigenvalue weighted by Crippen LogP contribution is -2.26. The molecule has 1 fully saturated rings. The molecule has 9 heteroatoms. The van der Waals surface area contributed by atoms with Crippen LogP contribution in [0.15, 0.2) is 36.7 Å². The predicted octanol–water partition coefficient (Wildman–Crippen LogP) is 3.92. The molecule has 2 heterocycles. The molecule has 0 saturated carbocycles. The highest BCUT2D eigenvalue weighted by molar-refractivity contribution is 6.31. The van der Waals surface area contributed by atoms with Gasteiger partial charge in [-0.3, -0.25) is 9.91 Å². The second-order valence-corrected chi connectivity index (χ2v) is 7.49. The van der Waals surface area contributed by atoms with Crippen LogP contribution >= 0.6 is 11.6 Å². The van der Waals surface area contributed by atoms with Crippen LogP contribution in [0, 0.1) is 5.82 Å². The Balaban J connectivity index is 1.62. The third-order valence-corrected chi connectivity index (χ3v) is 5.46. The molecule has 0 spiro atoms. The molecular formula is C21H23ClFN5O2. The minimum atomic E-state index is -0.515. The molecule has 30 heavy (non-hydrogen) atoms. The fraction of sp³-hybridized carbons (Fsp3) is 0.333. The van der Waals surface area contributed by atoms with Gasteiger partial charge >= 0.3 is 0 Å². The first-order valence-electron chi connectivity index (χ1n) is 9.74. The molecule has 0 radical (unpaired) electrons. The lowest BCUT2D eigenvalue weighted by molar-refractivity contribution is 0.230. The maximum Gasteiger partial charge on any atom is 0.163 e. The molecule has 3 aromatic rings. The Kier molecular flexibility index (Phi) is 6.17. The summed E-state index contributed by atoms with van der Waals surface area (Å²) in [5.74, 6) is 7.36. The van der Waals surface area contributed by atoms with Crippen molar-refractivity contribution in [2.45, 2.75) is 12.8 Å². The van der Waals surface area contributed by atoms with Crippen molar-refractivity contribution in [1.82, 2.24) is 14.9 Å². The number of rotatable bonds is 7. The standard InChI is InChI=1S/C21H23ClFN5O2/c1-29-19-11-15-18(12-20(19)30-9-8-27-6-2-3-7-27)25-13-26-21(15)28(24)14-4-5-17(23)16(22)10-14/h4-5,10-13H,2-3,6-9,24H2,1H3. The summed E-state index contributed by atoms with van der Waals surface area (Å²) in [6.07, 6.45) is 3.91. The monoisotopic (exact) mass is 431 g/mol. The van der Waals surface area contributed by atoms with E-state index in [9.17, 15) is 4.39 Å². The molecule has 2 aromatic carbocycles. The summed E-state index contributed by atoms with van der Waals surface area (Å²) >= 11 is 5.90. The number of hydrazine groups is 1. The molecular weight excluding hydrogens is 409 g/mol. The molecule has 0 atom stereocenters. The average molecular weight is 432 g/mol. The topological polar surface area (TPSA) is 76.7 Å². The number of fused-ring (bicyclic) bond motifs is 1. The molecule has 0 unspecified atom stereocenters. The van der Waals surface area contributed by atoms with Gasteiger partial charge in [0.1, 0.15) is 18.8 Å². The number of likely N-dealkylation sites (tertiary alicyclic amines) is 1. The largest absolute Gasteiger partial charge is 0.493 e. The van der Waals surface area contributed by atoms with Gasteiger partial charge in [0, 0.05) is 18.0 Å².